The van der Waals surface area contributed by atoms with Gasteiger partial charge in [-0.05, 0) is 29.4 Å². The van der Waals surface area contributed by atoms with Gasteiger partial charge in [0.05, 0.1) is 5.69 Å². The molecule has 1 amide bonds. The van der Waals surface area contributed by atoms with Crippen molar-refractivity contribution in [1.82, 2.24) is 10.3 Å². The minimum atomic E-state index is -0.350. The summed E-state index contributed by atoms with van der Waals surface area (Å²) in [4.78, 5) is 14.0. The summed E-state index contributed by atoms with van der Waals surface area (Å²) in [7, 11) is 0. The Morgan fingerprint density at radius 1 is 1.05 bits per heavy atom. The van der Waals surface area contributed by atoms with E-state index in [1.165, 1.54) is 6.20 Å². The molecule has 3 aromatic rings. The summed E-state index contributed by atoms with van der Waals surface area (Å²) in [6, 6.07) is 17.6. The summed E-state index contributed by atoms with van der Waals surface area (Å²) in [6.45, 7) is 0. The van der Waals surface area contributed by atoms with Crippen LogP contribution in [0.4, 0.5) is 5.69 Å². The lowest BCUT2D eigenvalue weighted by atomic mass is 10.3. The first-order chi connectivity index (χ1) is 10.3. The van der Waals surface area contributed by atoms with Crippen LogP contribution in [0.2, 0.25) is 0 Å². The Morgan fingerprint density at radius 3 is 2.57 bits per heavy atom. The topological polar surface area (TPSA) is 68.0 Å². The van der Waals surface area contributed by atoms with Crippen molar-refractivity contribution in [3.8, 4) is 0 Å². The number of carbonyl (C=O) groups excluding carboxylic acids is 1. The highest BCUT2D eigenvalue weighted by Gasteiger charge is 2.12. The molecule has 104 valence electrons. The highest BCUT2D eigenvalue weighted by molar-refractivity contribution is 7.99. The smallest absolute Gasteiger partial charge is 0.279 e. The molecule has 0 fully saturated rings. The molecule has 0 atom stereocenters. The summed E-state index contributed by atoms with van der Waals surface area (Å²) >= 11 is 1.58. The molecule has 6 heteroatoms. The number of nitrogens with one attached hydrogen (secondary N) is 1. The number of amides is 1. The maximum absolute atomic E-state index is 12.0. The third-order valence-corrected chi connectivity index (χ3v) is 3.78. The fourth-order valence-corrected chi connectivity index (χ4v) is 2.65. The molecule has 0 unspecified atom stereocenters. The fourth-order valence-electron chi connectivity index (χ4n) is 1.73. The molecule has 3 rings (SSSR count). The van der Waals surface area contributed by atoms with Gasteiger partial charge in [-0.25, -0.2) is 4.63 Å². The van der Waals surface area contributed by atoms with Crippen molar-refractivity contribution in [3.63, 3.8) is 0 Å². The molecule has 1 heterocycles. The van der Waals surface area contributed by atoms with Crippen LogP contribution in [0, 0.1) is 0 Å². The lowest BCUT2D eigenvalue weighted by Crippen LogP contribution is -2.12. The zero-order chi connectivity index (χ0) is 14.5. The number of anilines is 1. The minimum absolute atomic E-state index is 0.148. The first-order valence-electron chi connectivity index (χ1n) is 6.24. The number of carbonyl (C=O) groups is 1. The van der Waals surface area contributed by atoms with Crippen molar-refractivity contribution in [2.24, 2.45) is 0 Å². The molecule has 2 aromatic carbocycles. The summed E-state index contributed by atoms with van der Waals surface area (Å²) in [6.07, 6.45) is 1.28. The van der Waals surface area contributed by atoms with Crippen LogP contribution in [0.25, 0.3) is 0 Å². The Morgan fingerprint density at radius 2 is 1.81 bits per heavy atom. The molecular weight excluding hydrogens is 286 g/mol. The first-order valence-corrected chi connectivity index (χ1v) is 7.05. The van der Waals surface area contributed by atoms with E-state index in [1.54, 1.807) is 11.8 Å². The van der Waals surface area contributed by atoms with E-state index in [2.05, 4.69) is 20.3 Å². The van der Waals surface area contributed by atoms with Gasteiger partial charge in [-0.1, -0.05) is 47.3 Å². The maximum Gasteiger partial charge on any atom is 0.279 e. The zero-order valence-corrected chi connectivity index (χ0v) is 11.7. The second-order valence-electron chi connectivity index (χ2n) is 4.16. The quantitative estimate of drug-likeness (QED) is 0.798. The van der Waals surface area contributed by atoms with Gasteiger partial charge in [0.2, 0.25) is 0 Å². The van der Waals surface area contributed by atoms with Gasteiger partial charge in [0.1, 0.15) is 6.20 Å². The Labute approximate surface area is 125 Å². The summed E-state index contributed by atoms with van der Waals surface area (Å²) in [5.74, 6) is -0.350. The number of benzene rings is 2. The van der Waals surface area contributed by atoms with Gasteiger partial charge >= 0.3 is 0 Å². The fraction of sp³-hybridized carbons (Fsp3) is 0. The predicted molar refractivity (Wildman–Crippen MR) is 79.3 cm³/mol. The van der Waals surface area contributed by atoms with Crippen molar-refractivity contribution < 1.29 is 9.42 Å². The summed E-state index contributed by atoms with van der Waals surface area (Å²) in [5, 5.41) is 9.75. The lowest BCUT2D eigenvalue weighted by molar-refractivity contribution is 0.101. The normalized spacial score (nSPS) is 10.3. The number of nitrogens with zero attached hydrogens (tertiary/aromatic N) is 2. The van der Waals surface area contributed by atoms with Gasteiger partial charge < -0.3 is 5.32 Å². The van der Waals surface area contributed by atoms with E-state index in [1.807, 2.05) is 54.6 Å². The molecule has 0 aliphatic rings. The SMILES string of the molecule is O=C(Nc1ccccc1Sc1ccccc1)c1cnon1. The van der Waals surface area contributed by atoms with E-state index < -0.39 is 0 Å². The number of hydrogen-bond donors (Lipinski definition) is 1. The Bertz CT molecular complexity index is 730. The van der Waals surface area contributed by atoms with Crippen LogP contribution in [0.3, 0.4) is 0 Å². The maximum atomic E-state index is 12.0. The first kappa shape index (κ1) is 13.4. The lowest BCUT2D eigenvalue weighted by Gasteiger charge is -2.09. The molecule has 0 saturated heterocycles. The van der Waals surface area contributed by atoms with Crippen molar-refractivity contribution in [2.45, 2.75) is 9.79 Å². The predicted octanol–water partition coefficient (Wildman–Crippen LogP) is 3.47. The average Bonchev–Trinajstić information content (AvgIpc) is 3.05. The number of rotatable bonds is 4. The molecule has 0 aliphatic carbocycles. The van der Waals surface area contributed by atoms with Crippen molar-refractivity contribution in [1.29, 1.82) is 0 Å². The molecule has 1 aromatic heterocycles. The van der Waals surface area contributed by atoms with Crippen LogP contribution in [-0.2, 0) is 0 Å². The Kier molecular flexibility index (Phi) is 3.97. The van der Waals surface area contributed by atoms with Crippen LogP contribution >= 0.6 is 11.8 Å². The van der Waals surface area contributed by atoms with E-state index >= 15 is 0 Å². The standard InChI is InChI=1S/C15H11N3O2S/c19-15(13-10-16-20-18-13)17-12-8-4-5-9-14(12)21-11-6-2-1-3-7-11/h1-10H,(H,17,19). The third-order valence-electron chi connectivity index (χ3n) is 2.70. The van der Waals surface area contributed by atoms with Crippen LogP contribution in [0.5, 0.6) is 0 Å². The molecule has 0 saturated carbocycles. The number of para-hydroxylation sites is 1. The highest BCUT2D eigenvalue weighted by Crippen LogP contribution is 2.33. The number of aromatic nitrogens is 2. The molecular formula is C15H11N3O2S. The molecule has 0 bridgehead atoms. The molecule has 0 aliphatic heterocycles. The van der Waals surface area contributed by atoms with Crippen molar-refractivity contribution >= 4 is 23.4 Å². The van der Waals surface area contributed by atoms with E-state index in [0.717, 1.165) is 15.5 Å². The minimum Gasteiger partial charge on any atom is -0.319 e. The van der Waals surface area contributed by atoms with E-state index in [-0.39, 0.29) is 11.6 Å². The van der Waals surface area contributed by atoms with E-state index in [4.69, 9.17) is 0 Å². The van der Waals surface area contributed by atoms with Gasteiger partial charge in [0, 0.05) is 9.79 Å². The van der Waals surface area contributed by atoms with Crippen LogP contribution in [0.1, 0.15) is 10.5 Å². The van der Waals surface area contributed by atoms with Crippen LogP contribution < -0.4 is 5.32 Å². The largest absolute Gasteiger partial charge is 0.319 e. The molecule has 21 heavy (non-hydrogen) atoms. The molecule has 0 radical (unpaired) electrons. The third kappa shape index (κ3) is 3.29. The second-order valence-corrected chi connectivity index (χ2v) is 5.27. The van der Waals surface area contributed by atoms with Gasteiger partial charge in [-0.3, -0.25) is 4.79 Å². The van der Waals surface area contributed by atoms with E-state index in [9.17, 15) is 4.79 Å². The Hall–Kier alpha value is -2.60. The number of hydrogen-bond acceptors (Lipinski definition) is 5. The van der Waals surface area contributed by atoms with Gasteiger partial charge in [-0.2, -0.15) is 0 Å². The molecule has 1 N–H and O–H groups in total. The highest BCUT2D eigenvalue weighted by atomic mass is 32.2. The molecule has 5 nitrogen and oxygen atoms in total. The van der Waals surface area contributed by atoms with Gasteiger partial charge in [0.25, 0.3) is 5.91 Å². The van der Waals surface area contributed by atoms with Gasteiger partial charge in [-0.15, -0.1) is 0 Å². The van der Waals surface area contributed by atoms with E-state index in [0.29, 0.717) is 0 Å². The molecule has 0 spiro atoms. The van der Waals surface area contributed by atoms with Crippen LogP contribution in [0.15, 0.2) is 75.2 Å². The van der Waals surface area contributed by atoms with Gasteiger partial charge in [0.15, 0.2) is 5.69 Å². The van der Waals surface area contributed by atoms with Crippen LogP contribution in [-0.4, -0.2) is 16.2 Å². The zero-order valence-electron chi connectivity index (χ0n) is 10.9. The van der Waals surface area contributed by atoms with Crippen molar-refractivity contribution in [3.05, 3.63) is 66.5 Å². The summed E-state index contributed by atoms with van der Waals surface area (Å²) < 4.78 is 4.43. The summed E-state index contributed by atoms with van der Waals surface area (Å²) in [5.41, 5.74) is 0.869. The van der Waals surface area contributed by atoms with Crippen molar-refractivity contribution in [2.75, 3.05) is 5.32 Å². The average molecular weight is 297 g/mol. The second kappa shape index (κ2) is 6.23. The Balaban J connectivity index is 1.81. The monoisotopic (exact) mass is 297 g/mol.